The standard InChI is InChI=1S/C36H16F2N2O2S4/c37-21-3-1-17-11-27(41-25(17)15-21)29-5-7-31(43-29)35-39-23-9-19-14-34-24(10-20(19)13-33(23)45-35)40-36(46-34)32-8-6-30(44-32)28-12-18-2-4-22(38)16-26(18)42-28/h1-16H. The molecule has 4 nitrogen and oxygen atoms in total. The zero-order chi connectivity index (χ0) is 30.5. The maximum atomic E-state index is 13.6. The summed E-state index contributed by atoms with van der Waals surface area (Å²) in [5.41, 5.74) is 3.00. The van der Waals surface area contributed by atoms with Gasteiger partial charge < -0.3 is 8.83 Å². The fraction of sp³-hybridized carbons (Fsp3) is 0. The van der Waals surface area contributed by atoms with Crippen molar-refractivity contribution in [2.45, 2.75) is 0 Å². The number of thiazole rings is 2. The summed E-state index contributed by atoms with van der Waals surface area (Å²) in [6.07, 6.45) is 0. The minimum absolute atomic E-state index is 0.310. The third kappa shape index (κ3) is 4.33. The minimum atomic E-state index is -0.310. The predicted octanol–water partition coefficient (Wildman–Crippen LogP) is 12.6. The highest BCUT2D eigenvalue weighted by Gasteiger charge is 2.16. The number of rotatable bonds is 4. The molecule has 0 saturated carbocycles. The molecule has 0 aliphatic carbocycles. The van der Waals surface area contributed by atoms with Crippen LogP contribution in [-0.4, -0.2) is 9.97 Å². The van der Waals surface area contributed by atoms with Crippen molar-refractivity contribution in [1.82, 2.24) is 9.97 Å². The molecule has 0 spiro atoms. The molecule has 220 valence electrons. The van der Waals surface area contributed by atoms with E-state index in [1.165, 1.54) is 24.3 Å². The molecule has 0 aliphatic rings. The Hall–Kier alpha value is -4.74. The van der Waals surface area contributed by atoms with E-state index in [0.717, 1.165) is 83.0 Å². The van der Waals surface area contributed by atoms with Gasteiger partial charge in [-0.25, -0.2) is 18.7 Å². The van der Waals surface area contributed by atoms with Crippen molar-refractivity contribution in [3.8, 4) is 41.0 Å². The fourth-order valence-electron chi connectivity index (χ4n) is 5.73. The van der Waals surface area contributed by atoms with E-state index in [1.807, 2.05) is 24.3 Å². The van der Waals surface area contributed by atoms with E-state index in [4.69, 9.17) is 18.8 Å². The first-order valence-corrected chi connectivity index (χ1v) is 17.5. The lowest BCUT2D eigenvalue weighted by Crippen LogP contribution is -1.76. The average molecular weight is 675 g/mol. The first-order valence-electron chi connectivity index (χ1n) is 14.2. The summed E-state index contributed by atoms with van der Waals surface area (Å²) in [4.78, 5) is 14.0. The van der Waals surface area contributed by atoms with Gasteiger partial charge in [0.2, 0.25) is 0 Å². The van der Waals surface area contributed by atoms with E-state index in [0.29, 0.717) is 11.2 Å². The Balaban J connectivity index is 0.968. The minimum Gasteiger partial charge on any atom is -0.455 e. The molecule has 6 aromatic heterocycles. The van der Waals surface area contributed by atoms with Crippen molar-refractivity contribution in [1.29, 1.82) is 0 Å². The van der Waals surface area contributed by atoms with Crippen LogP contribution in [0.1, 0.15) is 0 Å². The van der Waals surface area contributed by atoms with E-state index < -0.39 is 0 Å². The molecular formula is C36H16F2N2O2S4. The molecule has 0 saturated heterocycles. The van der Waals surface area contributed by atoms with Crippen molar-refractivity contribution in [2.24, 2.45) is 0 Å². The van der Waals surface area contributed by atoms with Crippen LogP contribution in [0.15, 0.2) is 106 Å². The summed E-state index contributed by atoms with van der Waals surface area (Å²) in [6, 6.07) is 30.0. The number of halogens is 2. The van der Waals surface area contributed by atoms with Gasteiger partial charge in [0.05, 0.1) is 39.9 Å². The summed E-state index contributed by atoms with van der Waals surface area (Å²) in [5.74, 6) is 0.825. The largest absolute Gasteiger partial charge is 0.455 e. The maximum Gasteiger partial charge on any atom is 0.145 e. The number of nitrogens with zero attached hydrogens (tertiary/aromatic N) is 2. The lowest BCUT2D eigenvalue weighted by Gasteiger charge is -1.97. The Morgan fingerprint density at radius 1 is 0.435 bits per heavy atom. The summed E-state index contributed by atoms with van der Waals surface area (Å²) in [7, 11) is 0. The van der Waals surface area contributed by atoms with Crippen LogP contribution in [-0.2, 0) is 0 Å². The zero-order valence-electron chi connectivity index (χ0n) is 23.3. The third-order valence-corrected chi connectivity index (χ3v) is 12.5. The van der Waals surface area contributed by atoms with Gasteiger partial charge in [0.25, 0.3) is 0 Å². The number of benzene rings is 4. The van der Waals surface area contributed by atoms with Crippen molar-refractivity contribution >= 4 is 98.5 Å². The highest BCUT2D eigenvalue weighted by atomic mass is 32.1. The Labute approximate surface area is 274 Å². The lowest BCUT2D eigenvalue weighted by atomic mass is 10.1. The first-order chi connectivity index (χ1) is 22.5. The number of furan rings is 2. The van der Waals surface area contributed by atoms with Crippen LogP contribution in [0, 0.1) is 11.6 Å². The van der Waals surface area contributed by atoms with Crippen molar-refractivity contribution in [2.75, 3.05) is 0 Å². The smallest absolute Gasteiger partial charge is 0.145 e. The van der Waals surface area contributed by atoms with Crippen LogP contribution >= 0.6 is 45.3 Å². The topological polar surface area (TPSA) is 52.1 Å². The highest BCUT2D eigenvalue weighted by molar-refractivity contribution is 7.27. The van der Waals surface area contributed by atoms with Gasteiger partial charge in [0.1, 0.15) is 44.3 Å². The van der Waals surface area contributed by atoms with E-state index in [1.54, 1.807) is 57.5 Å². The van der Waals surface area contributed by atoms with Gasteiger partial charge in [-0.2, -0.15) is 0 Å². The second-order valence-corrected chi connectivity index (χ2v) is 15.2. The van der Waals surface area contributed by atoms with Crippen LogP contribution in [0.3, 0.4) is 0 Å². The summed E-state index contributed by atoms with van der Waals surface area (Å²) < 4.78 is 41.4. The van der Waals surface area contributed by atoms with Crippen molar-refractivity contribution in [3.63, 3.8) is 0 Å². The summed E-state index contributed by atoms with van der Waals surface area (Å²) >= 11 is 6.56. The Morgan fingerprint density at radius 2 is 0.891 bits per heavy atom. The van der Waals surface area contributed by atoms with E-state index in [9.17, 15) is 8.78 Å². The van der Waals surface area contributed by atoms with Crippen molar-refractivity contribution in [3.05, 3.63) is 109 Å². The Kier molecular flexibility index (Phi) is 5.69. The fourth-order valence-corrected chi connectivity index (χ4v) is 9.75. The van der Waals surface area contributed by atoms with Gasteiger partial charge in [0.15, 0.2) is 0 Å². The van der Waals surface area contributed by atoms with Gasteiger partial charge in [-0.05, 0) is 95.7 Å². The number of thiophene rings is 2. The van der Waals surface area contributed by atoms with Gasteiger partial charge in [-0.1, -0.05) is 0 Å². The molecule has 0 fully saturated rings. The molecule has 0 bridgehead atoms. The normalized spacial score (nSPS) is 12.1. The number of hydrogen-bond donors (Lipinski definition) is 0. The second-order valence-electron chi connectivity index (χ2n) is 10.9. The van der Waals surface area contributed by atoms with E-state index in [2.05, 4.69) is 36.4 Å². The molecule has 4 aromatic carbocycles. The molecule has 0 unspecified atom stereocenters. The van der Waals surface area contributed by atoms with Gasteiger partial charge in [-0.3, -0.25) is 0 Å². The molecule has 0 amide bonds. The van der Waals surface area contributed by atoms with Gasteiger partial charge in [-0.15, -0.1) is 45.3 Å². The summed E-state index contributed by atoms with van der Waals surface area (Å²) in [6.45, 7) is 0. The molecule has 10 aromatic rings. The highest BCUT2D eigenvalue weighted by Crippen LogP contribution is 2.43. The van der Waals surface area contributed by atoms with Crippen LogP contribution in [0.25, 0.3) is 94.2 Å². The van der Waals surface area contributed by atoms with Gasteiger partial charge in [0, 0.05) is 22.9 Å². The quantitative estimate of drug-likeness (QED) is 0.186. The SMILES string of the molecule is Fc1ccc2cc(-c3ccc(-c4nc5cc6cc7sc(-c8ccc(-c9cc%10ccc(F)cc%10o9)s8)nc7cc6cc5s4)s3)oc2c1. The molecule has 0 N–H and O–H groups in total. The first kappa shape index (κ1) is 26.5. The lowest BCUT2D eigenvalue weighted by molar-refractivity contribution is 0.607. The molecule has 0 atom stereocenters. The molecule has 0 aliphatic heterocycles. The Bertz CT molecular complexity index is 2560. The van der Waals surface area contributed by atoms with Crippen LogP contribution < -0.4 is 0 Å². The van der Waals surface area contributed by atoms with E-state index in [-0.39, 0.29) is 11.6 Å². The number of fused-ring (bicyclic) bond motifs is 5. The molecular weight excluding hydrogens is 659 g/mol. The second kappa shape index (κ2) is 9.88. The maximum absolute atomic E-state index is 13.6. The van der Waals surface area contributed by atoms with Crippen LogP contribution in [0.5, 0.6) is 0 Å². The van der Waals surface area contributed by atoms with Crippen molar-refractivity contribution < 1.29 is 17.6 Å². The number of aromatic nitrogens is 2. The third-order valence-electron chi connectivity index (χ3n) is 7.94. The number of hydrogen-bond acceptors (Lipinski definition) is 8. The Morgan fingerprint density at radius 3 is 1.37 bits per heavy atom. The van der Waals surface area contributed by atoms with Crippen LogP contribution in [0.2, 0.25) is 0 Å². The molecule has 10 rings (SSSR count). The zero-order valence-corrected chi connectivity index (χ0v) is 26.6. The van der Waals surface area contributed by atoms with Gasteiger partial charge >= 0.3 is 0 Å². The molecule has 46 heavy (non-hydrogen) atoms. The average Bonchev–Trinajstić information content (AvgIpc) is 3.87. The molecule has 6 heterocycles. The monoisotopic (exact) mass is 674 g/mol. The van der Waals surface area contributed by atoms with E-state index >= 15 is 0 Å². The summed E-state index contributed by atoms with van der Waals surface area (Å²) in [5, 5.41) is 5.90. The molecule has 0 radical (unpaired) electrons. The van der Waals surface area contributed by atoms with Crippen LogP contribution in [0.4, 0.5) is 8.78 Å². The predicted molar refractivity (Wildman–Crippen MR) is 187 cm³/mol. The molecule has 10 heteroatoms.